The second-order valence-corrected chi connectivity index (χ2v) is 9.24. The van der Waals surface area contributed by atoms with E-state index in [4.69, 9.17) is 0 Å². The molecule has 2 aromatic rings. The van der Waals surface area contributed by atoms with Crippen molar-refractivity contribution in [2.75, 3.05) is 13.1 Å². The third kappa shape index (κ3) is 4.16. The van der Waals surface area contributed by atoms with Crippen molar-refractivity contribution in [3.63, 3.8) is 0 Å². The molecule has 1 aliphatic rings. The van der Waals surface area contributed by atoms with Gasteiger partial charge in [-0.1, -0.05) is 28.1 Å². The zero-order valence-electron chi connectivity index (χ0n) is 14.5. The molecule has 0 aliphatic carbocycles. The van der Waals surface area contributed by atoms with Gasteiger partial charge in [0.15, 0.2) is 0 Å². The van der Waals surface area contributed by atoms with Crippen LogP contribution in [0, 0.1) is 0 Å². The lowest BCUT2D eigenvalue weighted by molar-refractivity contribution is 0.0940. The number of hydrogen-bond donors (Lipinski definition) is 1. The van der Waals surface area contributed by atoms with Crippen LogP contribution in [0.3, 0.4) is 0 Å². The standard InChI is InChI=1S/C19H21BrN2O3S/c1-14(15-4-8-17(20)9-5-15)21-19(23)16-6-10-18(11-7-16)26(24,25)22-12-2-3-13-22/h4-11,14H,2-3,12-13H2,1H3,(H,21,23)/t14-/m1/s1. The van der Waals surface area contributed by atoms with E-state index >= 15 is 0 Å². The number of carbonyl (C=O) groups excluding carboxylic acids is 1. The number of carbonyl (C=O) groups is 1. The number of rotatable bonds is 5. The molecule has 0 bridgehead atoms. The summed E-state index contributed by atoms with van der Waals surface area (Å²) in [7, 11) is -3.45. The second kappa shape index (κ2) is 7.90. The van der Waals surface area contributed by atoms with Gasteiger partial charge in [0.2, 0.25) is 10.0 Å². The van der Waals surface area contributed by atoms with Crippen molar-refractivity contribution in [3.05, 3.63) is 64.1 Å². The van der Waals surface area contributed by atoms with E-state index in [9.17, 15) is 13.2 Å². The molecule has 26 heavy (non-hydrogen) atoms. The molecule has 0 radical (unpaired) electrons. The minimum absolute atomic E-state index is 0.149. The van der Waals surface area contributed by atoms with Crippen molar-refractivity contribution >= 4 is 31.9 Å². The van der Waals surface area contributed by atoms with E-state index in [2.05, 4.69) is 21.2 Å². The SMILES string of the molecule is C[C@@H](NC(=O)c1ccc(S(=O)(=O)N2CCCC2)cc1)c1ccc(Br)cc1. The number of sulfonamides is 1. The van der Waals surface area contributed by atoms with Crippen molar-refractivity contribution in [2.24, 2.45) is 0 Å². The minimum Gasteiger partial charge on any atom is -0.346 e. The predicted octanol–water partition coefficient (Wildman–Crippen LogP) is 3.72. The van der Waals surface area contributed by atoms with Crippen molar-refractivity contribution in [2.45, 2.75) is 30.7 Å². The molecule has 0 unspecified atom stereocenters. The highest BCUT2D eigenvalue weighted by molar-refractivity contribution is 9.10. The van der Waals surface area contributed by atoms with Crippen molar-refractivity contribution in [3.8, 4) is 0 Å². The van der Waals surface area contributed by atoms with E-state index in [1.165, 1.54) is 16.4 Å². The maximum absolute atomic E-state index is 12.5. The molecule has 3 rings (SSSR count). The van der Waals surface area contributed by atoms with Crippen molar-refractivity contribution in [1.29, 1.82) is 0 Å². The summed E-state index contributed by atoms with van der Waals surface area (Å²) in [6.45, 7) is 3.04. The second-order valence-electron chi connectivity index (χ2n) is 6.38. The average Bonchev–Trinajstić information content (AvgIpc) is 3.18. The summed E-state index contributed by atoms with van der Waals surface area (Å²) >= 11 is 3.39. The molecule has 5 nitrogen and oxygen atoms in total. The molecule has 1 N–H and O–H groups in total. The smallest absolute Gasteiger partial charge is 0.251 e. The lowest BCUT2D eigenvalue weighted by atomic mass is 10.1. The van der Waals surface area contributed by atoms with Gasteiger partial charge in [-0.05, 0) is 61.7 Å². The summed E-state index contributed by atoms with van der Waals surface area (Å²) in [6, 6.07) is 13.7. The molecule has 0 spiro atoms. The van der Waals surface area contributed by atoms with Gasteiger partial charge in [0.25, 0.3) is 5.91 Å². The lowest BCUT2D eigenvalue weighted by Gasteiger charge is -2.16. The summed E-state index contributed by atoms with van der Waals surface area (Å²) in [5.41, 5.74) is 1.43. The van der Waals surface area contributed by atoms with Gasteiger partial charge < -0.3 is 5.32 Å². The Morgan fingerprint density at radius 3 is 2.19 bits per heavy atom. The highest BCUT2D eigenvalue weighted by Gasteiger charge is 2.27. The molecule has 7 heteroatoms. The number of hydrogen-bond acceptors (Lipinski definition) is 3. The Kier molecular flexibility index (Phi) is 5.79. The Balaban J connectivity index is 1.69. The quantitative estimate of drug-likeness (QED) is 0.776. The third-order valence-corrected chi connectivity index (χ3v) is 6.98. The summed E-state index contributed by atoms with van der Waals surface area (Å²) in [5.74, 6) is -0.231. The predicted molar refractivity (Wildman–Crippen MR) is 104 cm³/mol. The Hall–Kier alpha value is -1.70. The highest BCUT2D eigenvalue weighted by atomic mass is 79.9. The Morgan fingerprint density at radius 1 is 1.04 bits per heavy atom. The maximum atomic E-state index is 12.5. The van der Waals surface area contributed by atoms with E-state index in [-0.39, 0.29) is 16.8 Å². The van der Waals surface area contributed by atoms with Crippen LogP contribution < -0.4 is 5.32 Å². The molecular weight excluding hydrogens is 416 g/mol. The van der Waals surface area contributed by atoms with Crippen LogP contribution in [0.5, 0.6) is 0 Å². The first kappa shape index (κ1) is 19.1. The molecule has 0 aromatic heterocycles. The Bertz CT molecular complexity index is 874. The fourth-order valence-corrected chi connectivity index (χ4v) is 4.75. The van der Waals surface area contributed by atoms with Crippen molar-refractivity contribution < 1.29 is 13.2 Å². The largest absolute Gasteiger partial charge is 0.346 e. The molecular formula is C19H21BrN2O3S. The third-order valence-electron chi connectivity index (χ3n) is 4.54. The number of amides is 1. The molecule has 138 valence electrons. The molecule has 1 aliphatic heterocycles. The molecule has 1 saturated heterocycles. The molecule has 1 amide bonds. The van der Waals surface area contributed by atoms with Gasteiger partial charge in [0.1, 0.15) is 0 Å². The first-order valence-electron chi connectivity index (χ1n) is 8.54. The summed E-state index contributed by atoms with van der Waals surface area (Å²) in [4.78, 5) is 12.7. The van der Waals surface area contributed by atoms with Gasteiger partial charge >= 0.3 is 0 Å². The van der Waals surface area contributed by atoms with E-state index in [0.717, 1.165) is 22.9 Å². The van der Waals surface area contributed by atoms with E-state index < -0.39 is 10.0 Å². The number of halogens is 1. The summed E-state index contributed by atoms with van der Waals surface area (Å²) in [5, 5.41) is 2.93. The monoisotopic (exact) mass is 436 g/mol. The van der Waals surface area contributed by atoms with Crippen LogP contribution in [-0.2, 0) is 10.0 Å². The van der Waals surface area contributed by atoms with E-state index in [1.54, 1.807) is 12.1 Å². The maximum Gasteiger partial charge on any atom is 0.251 e. The van der Waals surface area contributed by atoms with Gasteiger partial charge in [-0.3, -0.25) is 4.79 Å². The van der Waals surface area contributed by atoms with Gasteiger partial charge in [0, 0.05) is 23.1 Å². The highest BCUT2D eigenvalue weighted by Crippen LogP contribution is 2.21. The molecule has 1 fully saturated rings. The van der Waals surface area contributed by atoms with Crippen LogP contribution >= 0.6 is 15.9 Å². The van der Waals surface area contributed by atoms with Gasteiger partial charge in [-0.15, -0.1) is 0 Å². The van der Waals surface area contributed by atoms with Crippen LogP contribution in [0.2, 0.25) is 0 Å². The topological polar surface area (TPSA) is 66.5 Å². The molecule has 0 saturated carbocycles. The first-order chi connectivity index (χ1) is 12.4. The van der Waals surface area contributed by atoms with Gasteiger partial charge in [-0.25, -0.2) is 8.42 Å². The van der Waals surface area contributed by atoms with Crippen LogP contribution in [0.1, 0.15) is 41.7 Å². The van der Waals surface area contributed by atoms with Crippen LogP contribution in [0.4, 0.5) is 0 Å². The fourth-order valence-electron chi connectivity index (χ4n) is 2.97. The molecule has 2 aromatic carbocycles. The lowest BCUT2D eigenvalue weighted by Crippen LogP contribution is -2.28. The fraction of sp³-hybridized carbons (Fsp3) is 0.316. The van der Waals surface area contributed by atoms with Crippen molar-refractivity contribution in [1.82, 2.24) is 9.62 Å². The zero-order valence-corrected chi connectivity index (χ0v) is 16.9. The summed E-state index contributed by atoms with van der Waals surface area (Å²) < 4.78 is 27.5. The number of nitrogens with one attached hydrogen (secondary N) is 1. The van der Waals surface area contributed by atoms with Gasteiger partial charge in [0.05, 0.1) is 10.9 Å². The summed E-state index contributed by atoms with van der Waals surface area (Å²) in [6.07, 6.45) is 1.79. The Labute approximate surface area is 162 Å². The minimum atomic E-state index is -3.45. The Morgan fingerprint density at radius 2 is 1.62 bits per heavy atom. The van der Waals surface area contributed by atoms with Crippen LogP contribution in [0.25, 0.3) is 0 Å². The van der Waals surface area contributed by atoms with Gasteiger partial charge in [-0.2, -0.15) is 4.31 Å². The first-order valence-corrected chi connectivity index (χ1v) is 10.8. The van der Waals surface area contributed by atoms with Crippen LogP contribution in [0.15, 0.2) is 57.9 Å². The number of benzene rings is 2. The van der Waals surface area contributed by atoms with E-state index in [1.807, 2.05) is 31.2 Å². The average molecular weight is 437 g/mol. The zero-order chi connectivity index (χ0) is 18.7. The van der Waals surface area contributed by atoms with E-state index in [0.29, 0.717) is 18.7 Å². The number of nitrogens with zero attached hydrogens (tertiary/aromatic N) is 1. The van der Waals surface area contributed by atoms with Crippen LogP contribution in [-0.4, -0.2) is 31.7 Å². The normalized spacial score (nSPS) is 16.4. The molecule has 1 atom stereocenters. The molecule has 1 heterocycles.